The van der Waals surface area contributed by atoms with Crippen molar-refractivity contribution >= 4 is 11.5 Å². The van der Waals surface area contributed by atoms with E-state index in [4.69, 9.17) is 4.74 Å². The van der Waals surface area contributed by atoms with Crippen LogP contribution < -0.4 is 4.74 Å². The molecule has 0 aliphatic carbocycles. The highest BCUT2D eigenvalue weighted by Crippen LogP contribution is 2.19. The smallest absolute Gasteiger partial charge is 0.225 e. The van der Waals surface area contributed by atoms with E-state index in [9.17, 15) is 0 Å². The minimum absolute atomic E-state index is 0.709. The van der Waals surface area contributed by atoms with Crippen LogP contribution in [-0.2, 0) is 6.42 Å². The zero-order chi connectivity index (χ0) is 9.80. The first-order valence-corrected chi connectivity index (χ1v) is 5.19. The van der Waals surface area contributed by atoms with E-state index in [0.29, 0.717) is 5.88 Å². The van der Waals surface area contributed by atoms with Crippen molar-refractivity contribution in [2.45, 2.75) is 6.42 Å². The van der Waals surface area contributed by atoms with Gasteiger partial charge in [-0.15, -0.1) is 0 Å². The monoisotopic (exact) mass is 205 g/mol. The van der Waals surface area contributed by atoms with Crippen molar-refractivity contribution in [3.8, 4) is 5.88 Å². The first kappa shape index (κ1) is 9.21. The summed E-state index contributed by atoms with van der Waals surface area (Å²) in [6.45, 7) is 0. The number of nitrogens with zero attached hydrogens (tertiary/aromatic N) is 1. The number of hydrogen-bond donors (Lipinski definition) is 0. The van der Waals surface area contributed by atoms with Gasteiger partial charge in [-0.2, -0.15) is 4.37 Å². The summed E-state index contributed by atoms with van der Waals surface area (Å²) < 4.78 is 9.18. The Balaban J connectivity index is 2.11. The minimum Gasteiger partial charge on any atom is -0.480 e. The van der Waals surface area contributed by atoms with E-state index in [1.165, 1.54) is 22.0 Å². The van der Waals surface area contributed by atoms with Crippen molar-refractivity contribution in [3.05, 3.63) is 46.8 Å². The molecule has 0 bridgehead atoms. The van der Waals surface area contributed by atoms with Gasteiger partial charge in [-0.3, -0.25) is 0 Å². The van der Waals surface area contributed by atoms with E-state index in [1.807, 2.05) is 24.3 Å². The maximum Gasteiger partial charge on any atom is 0.225 e. The Morgan fingerprint density at radius 2 is 2.07 bits per heavy atom. The van der Waals surface area contributed by atoms with Gasteiger partial charge in [0, 0.05) is 17.4 Å². The van der Waals surface area contributed by atoms with Crippen molar-refractivity contribution in [2.24, 2.45) is 0 Å². The van der Waals surface area contributed by atoms with Gasteiger partial charge in [0.2, 0.25) is 5.88 Å². The molecule has 0 N–H and O–H groups in total. The summed E-state index contributed by atoms with van der Waals surface area (Å²) >= 11 is 1.49. The van der Waals surface area contributed by atoms with E-state index in [-0.39, 0.29) is 0 Å². The molecule has 0 saturated carbocycles. The zero-order valence-corrected chi connectivity index (χ0v) is 8.75. The van der Waals surface area contributed by atoms with Gasteiger partial charge in [0.25, 0.3) is 0 Å². The molecule has 2 rings (SSSR count). The van der Waals surface area contributed by atoms with Crippen molar-refractivity contribution in [1.29, 1.82) is 0 Å². The Morgan fingerprint density at radius 3 is 2.71 bits per heavy atom. The van der Waals surface area contributed by atoms with Crippen LogP contribution >= 0.6 is 11.5 Å². The molecule has 0 amide bonds. The van der Waals surface area contributed by atoms with Crippen LogP contribution in [0.25, 0.3) is 0 Å². The average Bonchev–Trinajstić information content (AvgIpc) is 2.67. The summed E-state index contributed by atoms with van der Waals surface area (Å²) in [5.74, 6) is 0.709. The Labute approximate surface area is 87.3 Å². The lowest BCUT2D eigenvalue weighted by Gasteiger charge is -1.95. The molecule has 0 radical (unpaired) electrons. The second-order valence-corrected chi connectivity index (χ2v) is 3.89. The van der Waals surface area contributed by atoms with Gasteiger partial charge < -0.3 is 4.74 Å². The van der Waals surface area contributed by atoms with Gasteiger partial charge in [-0.25, -0.2) is 0 Å². The topological polar surface area (TPSA) is 22.1 Å². The van der Waals surface area contributed by atoms with Crippen LogP contribution in [0.5, 0.6) is 5.88 Å². The molecule has 1 aromatic heterocycles. The van der Waals surface area contributed by atoms with E-state index in [1.54, 1.807) is 7.11 Å². The molecule has 1 heterocycles. The van der Waals surface area contributed by atoms with Crippen LogP contribution in [0.1, 0.15) is 10.4 Å². The molecule has 2 nitrogen and oxygen atoms in total. The fourth-order valence-corrected chi connectivity index (χ4v) is 1.99. The quantitative estimate of drug-likeness (QED) is 0.768. The molecule has 0 spiro atoms. The molecule has 0 unspecified atom stereocenters. The fourth-order valence-electron chi connectivity index (χ4n) is 1.27. The predicted molar refractivity (Wildman–Crippen MR) is 57.9 cm³/mol. The third kappa shape index (κ3) is 2.12. The van der Waals surface area contributed by atoms with E-state index in [0.717, 1.165) is 6.42 Å². The summed E-state index contributed by atoms with van der Waals surface area (Å²) in [6.07, 6.45) is 0.932. The third-order valence-electron chi connectivity index (χ3n) is 1.97. The van der Waals surface area contributed by atoms with Gasteiger partial charge in [0.05, 0.1) is 7.11 Å². The molecular formula is C11H11NOS. The number of rotatable bonds is 3. The van der Waals surface area contributed by atoms with Gasteiger partial charge in [-0.1, -0.05) is 30.3 Å². The zero-order valence-electron chi connectivity index (χ0n) is 7.93. The van der Waals surface area contributed by atoms with E-state index >= 15 is 0 Å². The fraction of sp³-hybridized carbons (Fsp3) is 0.182. The van der Waals surface area contributed by atoms with Crippen LogP contribution in [0.15, 0.2) is 36.4 Å². The molecule has 0 aliphatic heterocycles. The molecular weight excluding hydrogens is 194 g/mol. The maximum atomic E-state index is 5.03. The molecule has 0 atom stereocenters. The Hall–Kier alpha value is -1.35. The van der Waals surface area contributed by atoms with Gasteiger partial charge in [0.1, 0.15) is 0 Å². The number of aromatic nitrogens is 1. The Bertz CT molecular complexity index is 397. The van der Waals surface area contributed by atoms with E-state index in [2.05, 4.69) is 16.5 Å². The van der Waals surface area contributed by atoms with Crippen LogP contribution in [-0.4, -0.2) is 11.5 Å². The van der Waals surface area contributed by atoms with Crippen LogP contribution in [0, 0.1) is 0 Å². The lowest BCUT2D eigenvalue weighted by atomic mass is 10.1. The number of benzene rings is 1. The molecule has 0 saturated heterocycles. The Kier molecular flexibility index (Phi) is 2.79. The highest BCUT2D eigenvalue weighted by atomic mass is 32.1. The number of hydrogen-bond acceptors (Lipinski definition) is 3. The van der Waals surface area contributed by atoms with Crippen LogP contribution in [0.2, 0.25) is 0 Å². The summed E-state index contributed by atoms with van der Waals surface area (Å²) in [7, 11) is 1.64. The molecule has 3 heteroatoms. The van der Waals surface area contributed by atoms with Gasteiger partial charge in [-0.05, 0) is 17.1 Å². The van der Waals surface area contributed by atoms with Crippen molar-refractivity contribution in [3.63, 3.8) is 0 Å². The Morgan fingerprint density at radius 1 is 1.29 bits per heavy atom. The second-order valence-electron chi connectivity index (χ2n) is 3.00. The summed E-state index contributed by atoms with van der Waals surface area (Å²) in [5, 5.41) is 0. The predicted octanol–water partition coefficient (Wildman–Crippen LogP) is 2.74. The van der Waals surface area contributed by atoms with Crippen molar-refractivity contribution < 1.29 is 4.74 Å². The molecule has 0 aliphatic rings. The lowest BCUT2D eigenvalue weighted by molar-refractivity contribution is 0.402. The first-order valence-electron chi connectivity index (χ1n) is 4.42. The maximum absolute atomic E-state index is 5.03. The summed E-state index contributed by atoms with van der Waals surface area (Å²) in [4.78, 5) is 1.23. The van der Waals surface area contributed by atoms with Gasteiger partial charge in [0.15, 0.2) is 0 Å². The first-order chi connectivity index (χ1) is 6.88. The average molecular weight is 205 g/mol. The minimum atomic E-state index is 0.709. The summed E-state index contributed by atoms with van der Waals surface area (Å²) in [5.41, 5.74) is 1.30. The number of ether oxygens (including phenoxy) is 1. The normalized spacial score (nSPS) is 10.1. The molecule has 72 valence electrons. The highest BCUT2D eigenvalue weighted by Gasteiger charge is 2.01. The van der Waals surface area contributed by atoms with Crippen LogP contribution in [0.3, 0.4) is 0 Å². The van der Waals surface area contributed by atoms with Gasteiger partial charge >= 0.3 is 0 Å². The molecule has 1 aromatic carbocycles. The second kappa shape index (κ2) is 4.24. The molecule has 14 heavy (non-hydrogen) atoms. The van der Waals surface area contributed by atoms with Crippen LogP contribution in [0.4, 0.5) is 0 Å². The standard InChI is InChI=1S/C11H11NOS/c1-13-11-8-10(14-12-11)7-9-5-3-2-4-6-9/h2-6,8H,7H2,1H3. The highest BCUT2D eigenvalue weighted by molar-refractivity contribution is 7.05. The van der Waals surface area contributed by atoms with Crippen molar-refractivity contribution in [2.75, 3.05) is 7.11 Å². The lowest BCUT2D eigenvalue weighted by Crippen LogP contribution is -1.83. The number of methoxy groups -OCH3 is 1. The van der Waals surface area contributed by atoms with Crippen molar-refractivity contribution in [1.82, 2.24) is 4.37 Å². The molecule has 2 aromatic rings. The SMILES string of the molecule is COc1cc(Cc2ccccc2)sn1. The summed E-state index contributed by atoms with van der Waals surface area (Å²) in [6, 6.07) is 12.3. The molecule has 0 fully saturated rings. The third-order valence-corrected chi connectivity index (χ3v) is 2.74. The van der Waals surface area contributed by atoms with E-state index < -0.39 is 0 Å². The largest absolute Gasteiger partial charge is 0.480 e.